The molecule has 0 saturated heterocycles. The highest BCUT2D eigenvalue weighted by molar-refractivity contribution is 7.79. The molecule has 0 unspecified atom stereocenters. The van der Waals surface area contributed by atoms with Crippen molar-refractivity contribution < 1.29 is 17.5 Å². The number of rotatable bonds is 0. The molecule has 0 radical (unpaired) electrons. The molecule has 0 atom stereocenters. The van der Waals surface area contributed by atoms with Crippen molar-refractivity contribution in [1.29, 1.82) is 0 Å². The van der Waals surface area contributed by atoms with Gasteiger partial charge in [0.25, 0.3) is 0 Å². The number of para-hydroxylation sites is 1. The summed E-state index contributed by atoms with van der Waals surface area (Å²) in [4.78, 5) is 3.26. The quantitative estimate of drug-likeness (QED) is 0.546. The van der Waals surface area contributed by atoms with Gasteiger partial charge >= 0.3 is 10.4 Å². The molecular formula is C11H18N2O4S. The average Bonchev–Trinajstić information content (AvgIpc) is 2.56. The zero-order valence-electron chi connectivity index (χ0n) is 10.3. The van der Waals surface area contributed by atoms with Crippen LogP contribution >= 0.6 is 0 Å². The maximum absolute atomic E-state index is 8.74. The second kappa shape index (κ2) is 7.83. The van der Waals surface area contributed by atoms with Gasteiger partial charge in [-0.1, -0.05) is 25.1 Å². The monoisotopic (exact) mass is 274 g/mol. The molecule has 1 aromatic heterocycles. The van der Waals surface area contributed by atoms with E-state index in [0.717, 1.165) is 6.54 Å². The third-order valence-electron chi connectivity index (χ3n) is 1.66. The van der Waals surface area contributed by atoms with Crippen molar-refractivity contribution in [1.82, 2.24) is 4.98 Å². The molecule has 102 valence electrons. The van der Waals surface area contributed by atoms with Crippen molar-refractivity contribution in [3.05, 3.63) is 36.0 Å². The number of H-pyrrole nitrogens is 1. The first-order chi connectivity index (χ1) is 8.27. The van der Waals surface area contributed by atoms with E-state index in [1.807, 2.05) is 13.0 Å². The molecule has 0 aliphatic carbocycles. The summed E-state index contributed by atoms with van der Waals surface area (Å²) >= 11 is 0. The highest BCUT2D eigenvalue weighted by Crippen LogP contribution is 2.12. The molecule has 5 N–H and O–H groups in total. The number of benzene rings is 1. The van der Waals surface area contributed by atoms with Crippen molar-refractivity contribution in [3.63, 3.8) is 0 Å². The van der Waals surface area contributed by atoms with Crippen LogP contribution < -0.4 is 5.73 Å². The number of aryl methyl sites for hydroxylation is 1. The molecule has 0 amide bonds. The molecule has 18 heavy (non-hydrogen) atoms. The van der Waals surface area contributed by atoms with Crippen LogP contribution in [-0.2, 0) is 10.4 Å². The van der Waals surface area contributed by atoms with E-state index in [1.165, 1.54) is 16.6 Å². The molecule has 0 aliphatic heterocycles. The van der Waals surface area contributed by atoms with E-state index in [1.54, 1.807) is 0 Å². The largest absolute Gasteiger partial charge is 0.394 e. The summed E-state index contributed by atoms with van der Waals surface area (Å²) in [5.41, 5.74) is 7.29. The molecule has 0 saturated carbocycles. The molecule has 7 heteroatoms. The van der Waals surface area contributed by atoms with Crippen LogP contribution in [0.25, 0.3) is 10.9 Å². The molecule has 0 aliphatic rings. The Labute approximate surface area is 106 Å². The second-order valence-corrected chi connectivity index (χ2v) is 4.29. The first-order valence-corrected chi connectivity index (χ1v) is 6.62. The smallest absolute Gasteiger partial charge is 0.359 e. The number of hydrogen-bond acceptors (Lipinski definition) is 3. The Hall–Kier alpha value is -1.41. The number of aromatic amines is 1. The van der Waals surface area contributed by atoms with E-state index >= 15 is 0 Å². The summed E-state index contributed by atoms with van der Waals surface area (Å²) in [5, 5.41) is 1.29. The van der Waals surface area contributed by atoms with Crippen LogP contribution in [0.15, 0.2) is 30.3 Å². The van der Waals surface area contributed by atoms with Gasteiger partial charge < -0.3 is 10.7 Å². The van der Waals surface area contributed by atoms with E-state index in [4.69, 9.17) is 23.3 Å². The Bertz CT molecular complexity index is 522. The Kier molecular flexibility index (Phi) is 7.21. The zero-order chi connectivity index (χ0) is 14.2. The van der Waals surface area contributed by atoms with Crippen LogP contribution in [-0.4, -0.2) is 29.1 Å². The van der Waals surface area contributed by atoms with Crippen molar-refractivity contribution in [2.45, 2.75) is 13.8 Å². The lowest BCUT2D eigenvalue weighted by molar-refractivity contribution is 0.381. The Morgan fingerprint density at radius 1 is 1.28 bits per heavy atom. The minimum absolute atomic E-state index is 0.750. The van der Waals surface area contributed by atoms with Gasteiger partial charge in [-0.05, 0) is 31.0 Å². The number of fused-ring (bicyclic) bond motifs is 1. The predicted molar refractivity (Wildman–Crippen MR) is 71.9 cm³/mol. The summed E-state index contributed by atoms with van der Waals surface area (Å²) in [7, 11) is -4.67. The van der Waals surface area contributed by atoms with Gasteiger partial charge in [-0.3, -0.25) is 9.11 Å². The summed E-state index contributed by atoms with van der Waals surface area (Å²) in [5.74, 6) is 0. The van der Waals surface area contributed by atoms with Gasteiger partial charge in [0, 0.05) is 11.2 Å². The lowest BCUT2D eigenvalue weighted by atomic mass is 10.2. The van der Waals surface area contributed by atoms with Crippen molar-refractivity contribution in [2.75, 3.05) is 6.54 Å². The fourth-order valence-corrected chi connectivity index (χ4v) is 1.22. The second-order valence-electron chi connectivity index (χ2n) is 3.40. The predicted octanol–water partition coefficient (Wildman–Crippen LogP) is 1.79. The lowest BCUT2D eigenvalue weighted by Gasteiger charge is -1.83. The number of hydrogen-bond donors (Lipinski definition) is 4. The summed E-state index contributed by atoms with van der Waals surface area (Å²) in [6.45, 7) is 4.72. The molecule has 2 rings (SSSR count). The topological polar surface area (TPSA) is 116 Å². The zero-order valence-corrected chi connectivity index (χ0v) is 11.1. The lowest BCUT2D eigenvalue weighted by Crippen LogP contribution is -1.89. The molecule has 0 bridgehead atoms. The van der Waals surface area contributed by atoms with E-state index in [2.05, 4.69) is 36.2 Å². The van der Waals surface area contributed by atoms with Gasteiger partial charge in [-0.25, -0.2) is 0 Å². The van der Waals surface area contributed by atoms with Crippen LogP contribution in [0, 0.1) is 6.92 Å². The maximum atomic E-state index is 8.74. The summed E-state index contributed by atoms with van der Waals surface area (Å²) in [6, 6.07) is 10.4. The Balaban J connectivity index is 0.000000309. The minimum Gasteiger partial charge on any atom is -0.359 e. The molecule has 0 fully saturated rings. The molecule has 2 aromatic rings. The minimum atomic E-state index is -4.67. The standard InChI is InChI=1S/C9H9N.C2H7N.H2O4S/c1-7-6-8-4-2-3-5-9(8)10-7;1-2-3;1-5(2,3)4/h2-6,10H,1H3;2-3H2,1H3;(H2,1,2,3,4). The van der Waals surface area contributed by atoms with Crippen LogP contribution in [0.4, 0.5) is 0 Å². The number of nitrogens with one attached hydrogen (secondary N) is 1. The highest BCUT2D eigenvalue weighted by atomic mass is 32.3. The van der Waals surface area contributed by atoms with Gasteiger partial charge in [-0.15, -0.1) is 0 Å². The fraction of sp³-hybridized carbons (Fsp3) is 0.273. The summed E-state index contributed by atoms with van der Waals surface area (Å²) in [6.07, 6.45) is 0. The average molecular weight is 274 g/mol. The molecular weight excluding hydrogens is 256 g/mol. The highest BCUT2D eigenvalue weighted by Gasteiger charge is 1.92. The van der Waals surface area contributed by atoms with Gasteiger partial charge in [-0.2, -0.15) is 8.42 Å². The first-order valence-electron chi connectivity index (χ1n) is 5.22. The van der Waals surface area contributed by atoms with Crippen LogP contribution in [0.5, 0.6) is 0 Å². The Morgan fingerprint density at radius 3 is 2.17 bits per heavy atom. The number of aromatic nitrogens is 1. The Morgan fingerprint density at radius 2 is 1.72 bits per heavy atom. The van der Waals surface area contributed by atoms with E-state index in [9.17, 15) is 0 Å². The maximum Gasteiger partial charge on any atom is 0.394 e. The SMILES string of the molecule is CCN.Cc1cc2ccccc2[nH]1.O=S(=O)(O)O. The van der Waals surface area contributed by atoms with Crippen molar-refractivity contribution >= 4 is 21.3 Å². The van der Waals surface area contributed by atoms with E-state index in [-0.39, 0.29) is 0 Å². The fourth-order valence-electron chi connectivity index (χ4n) is 1.22. The third-order valence-corrected chi connectivity index (χ3v) is 1.66. The molecule has 1 heterocycles. The van der Waals surface area contributed by atoms with Gasteiger partial charge in [0.2, 0.25) is 0 Å². The van der Waals surface area contributed by atoms with Crippen molar-refractivity contribution in [3.8, 4) is 0 Å². The molecule has 0 spiro atoms. The summed E-state index contributed by atoms with van der Waals surface area (Å²) < 4.78 is 31.6. The van der Waals surface area contributed by atoms with E-state index in [0.29, 0.717) is 0 Å². The van der Waals surface area contributed by atoms with E-state index < -0.39 is 10.4 Å². The van der Waals surface area contributed by atoms with Crippen LogP contribution in [0.2, 0.25) is 0 Å². The van der Waals surface area contributed by atoms with Crippen LogP contribution in [0.3, 0.4) is 0 Å². The van der Waals surface area contributed by atoms with Crippen molar-refractivity contribution in [2.24, 2.45) is 5.73 Å². The normalized spacial score (nSPS) is 10.1. The third kappa shape index (κ3) is 8.71. The molecule has 1 aromatic carbocycles. The van der Waals surface area contributed by atoms with Gasteiger partial charge in [0.05, 0.1) is 0 Å². The number of nitrogens with two attached hydrogens (primary N) is 1. The molecule has 6 nitrogen and oxygen atoms in total. The van der Waals surface area contributed by atoms with Gasteiger partial charge in [0.1, 0.15) is 0 Å². The van der Waals surface area contributed by atoms with Crippen LogP contribution in [0.1, 0.15) is 12.6 Å². The first kappa shape index (κ1) is 16.6. The van der Waals surface area contributed by atoms with Gasteiger partial charge in [0.15, 0.2) is 0 Å².